The zero-order valence-corrected chi connectivity index (χ0v) is 14.3. The molecule has 0 aromatic carbocycles. The molecule has 0 spiro atoms. The van der Waals surface area contributed by atoms with Crippen LogP contribution in [0.4, 0.5) is 0 Å². The van der Waals surface area contributed by atoms with Crippen LogP contribution in [0.25, 0.3) is 0 Å². The third-order valence-electron chi connectivity index (χ3n) is 2.76. The van der Waals surface area contributed by atoms with Gasteiger partial charge in [-0.15, -0.1) is 0 Å². The molecule has 0 unspecified atom stereocenters. The molecule has 0 radical (unpaired) electrons. The van der Waals surface area contributed by atoms with Crippen molar-refractivity contribution in [2.24, 2.45) is 10.7 Å². The minimum absolute atomic E-state index is 0.206. The molecule has 0 aromatic heterocycles. The zero-order valence-electron chi connectivity index (χ0n) is 12.7. The maximum absolute atomic E-state index is 6.03. The average molecular weight is 335 g/mol. The van der Waals surface area contributed by atoms with E-state index in [0.29, 0.717) is 22.4 Å². The number of ether oxygens (including phenoxy) is 3. The van der Waals surface area contributed by atoms with Gasteiger partial charge in [-0.1, -0.05) is 11.6 Å². The predicted octanol–water partition coefficient (Wildman–Crippen LogP) is 3.21. The molecule has 1 aliphatic heterocycles. The lowest BCUT2D eigenvalue weighted by molar-refractivity contribution is -0.0249. The number of rotatable bonds is 6. The Bertz CT molecular complexity index is 414. The van der Waals surface area contributed by atoms with Crippen LogP contribution in [-0.4, -0.2) is 38.1 Å². The Balaban J connectivity index is 2.54. The van der Waals surface area contributed by atoms with Crippen molar-refractivity contribution in [1.82, 2.24) is 0 Å². The summed E-state index contributed by atoms with van der Waals surface area (Å²) < 4.78 is 16.4. The standard InChI is InChI=1S/C14H23ClN2O3S/c1-10(15)8-17-11(2)21-14(18-3)13(16)9-20-12-4-6-19-7-5-12/h8,12H,4-7,9,16H2,1-3H3/b10-8+,14-13+,17-11+. The fourth-order valence-corrected chi connectivity index (χ4v) is 2.38. The highest BCUT2D eigenvalue weighted by Crippen LogP contribution is 2.21. The lowest BCUT2D eigenvalue weighted by atomic mass is 10.1. The molecule has 1 saturated heterocycles. The maximum atomic E-state index is 6.03. The van der Waals surface area contributed by atoms with E-state index in [0.717, 1.165) is 31.1 Å². The first-order valence-corrected chi connectivity index (χ1v) is 7.98. The van der Waals surface area contributed by atoms with E-state index in [-0.39, 0.29) is 6.10 Å². The van der Waals surface area contributed by atoms with E-state index < -0.39 is 0 Å². The number of hydrogen-bond donors (Lipinski definition) is 1. The predicted molar refractivity (Wildman–Crippen MR) is 88.3 cm³/mol. The summed E-state index contributed by atoms with van der Waals surface area (Å²) in [5, 5.41) is 2.01. The average Bonchev–Trinajstić information content (AvgIpc) is 2.49. The number of hydrogen-bond acceptors (Lipinski definition) is 6. The Morgan fingerprint density at radius 2 is 2.10 bits per heavy atom. The number of methoxy groups -OCH3 is 1. The second-order valence-corrected chi connectivity index (χ2v) is 6.37. The molecule has 21 heavy (non-hydrogen) atoms. The molecule has 7 heteroatoms. The molecule has 0 aliphatic carbocycles. The summed E-state index contributed by atoms with van der Waals surface area (Å²) in [5.74, 6) is 0. The topological polar surface area (TPSA) is 66.1 Å². The smallest absolute Gasteiger partial charge is 0.179 e. The minimum atomic E-state index is 0.206. The van der Waals surface area contributed by atoms with E-state index in [2.05, 4.69) is 4.99 Å². The summed E-state index contributed by atoms with van der Waals surface area (Å²) in [7, 11) is 1.58. The van der Waals surface area contributed by atoms with Gasteiger partial charge in [-0.3, -0.25) is 4.99 Å². The minimum Gasteiger partial charge on any atom is -0.488 e. The van der Waals surface area contributed by atoms with Crippen molar-refractivity contribution < 1.29 is 14.2 Å². The SMILES string of the molecule is CO/C(S/C(C)=N/C=C(\C)Cl)=C(\N)COC1CCOCC1. The largest absolute Gasteiger partial charge is 0.488 e. The van der Waals surface area contributed by atoms with Crippen molar-refractivity contribution in [3.8, 4) is 0 Å². The van der Waals surface area contributed by atoms with Crippen molar-refractivity contribution in [2.75, 3.05) is 26.9 Å². The number of nitrogens with zero attached hydrogens (tertiary/aromatic N) is 1. The van der Waals surface area contributed by atoms with Crippen LogP contribution in [0.3, 0.4) is 0 Å². The lowest BCUT2D eigenvalue weighted by Crippen LogP contribution is -2.25. The van der Waals surface area contributed by atoms with Gasteiger partial charge in [-0.2, -0.15) is 0 Å². The maximum Gasteiger partial charge on any atom is 0.179 e. The first-order chi connectivity index (χ1) is 10.0. The van der Waals surface area contributed by atoms with Gasteiger partial charge in [0.1, 0.15) is 0 Å². The first kappa shape index (κ1) is 18.4. The van der Waals surface area contributed by atoms with Crippen LogP contribution in [0.2, 0.25) is 0 Å². The van der Waals surface area contributed by atoms with E-state index in [1.807, 2.05) is 6.92 Å². The fourth-order valence-electron chi connectivity index (χ4n) is 1.69. The molecule has 0 amide bonds. The Morgan fingerprint density at radius 1 is 1.43 bits per heavy atom. The molecule has 0 atom stereocenters. The van der Waals surface area contributed by atoms with Gasteiger partial charge in [-0.05, 0) is 38.5 Å². The highest BCUT2D eigenvalue weighted by atomic mass is 35.5. The van der Waals surface area contributed by atoms with Crippen LogP contribution in [-0.2, 0) is 14.2 Å². The van der Waals surface area contributed by atoms with Crippen LogP contribution in [0.1, 0.15) is 26.7 Å². The molecule has 5 nitrogen and oxygen atoms in total. The van der Waals surface area contributed by atoms with Crippen molar-refractivity contribution >= 4 is 28.4 Å². The summed E-state index contributed by atoms with van der Waals surface area (Å²) in [6.45, 7) is 5.48. The highest BCUT2D eigenvalue weighted by molar-refractivity contribution is 8.17. The van der Waals surface area contributed by atoms with E-state index in [9.17, 15) is 0 Å². The van der Waals surface area contributed by atoms with Crippen LogP contribution in [0.15, 0.2) is 27.0 Å². The summed E-state index contributed by atoms with van der Waals surface area (Å²) >= 11 is 7.09. The third kappa shape index (κ3) is 7.76. The third-order valence-corrected chi connectivity index (χ3v) is 3.87. The summed E-state index contributed by atoms with van der Waals surface area (Å²) in [5.41, 5.74) is 6.60. The normalized spacial score (nSPS) is 19.4. The number of nitrogens with two attached hydrogens (primary N) is 1. The molecule has 1 heterocycles. The van der Waals surface area contributed by atoms with Gasteiger partial charge in [0, 0.05) is 24.4 Å². The van der Waals surface area contributed by atoms with E-state index >= 15 is 0 Å². The first-order valence-electron chi connectivity index (χ1n) is 6.79. The van der Waals surface area contributed by atoms with Crippen LogP contribution in [0.5, 0.6) is 0 Å². The molecule has 2 N–H and O–H groups in total. The van der Waals surface area contributed by atoms with Crippen molar-refractivity contribution in [2.45, 2.75) is 32.8 Å². The second kappa shape index (κ2) is 10.1. The van der Waals surface area contributed by atoms with Gasteiger partial charge < -0.3 is 19.9 Å². The number of aliphatic imine (C=N–C) groups is 1. The van der Waals surface area contributed by atoms with Crippen molar-refractivity contribution in [3.63, 3.8) is 0 Å². The number of halogens is 1. The van der Waals surface area contributed by atoms with Gasteiger partial charge in [0.05, 0.1) is 30.6 Å². The Morgan fingerprint density at radius 3 is 2.67 bits per heavy atom. The molecule has 0 saturated carbocycles. The lowest BCUT2D eigenvalue weighted by Gasteiger charge is -2.22. The van der Waals surface area contributed by atoms with Gasteiger partial charge in [0.2, 0.25) is 0 Å². The van der Waals surface area contributed by atoms with Gasteiger partial charge >= 0.3 is 0 Å². The molecule has 1 rings (SSSR count). The molecule has 1 fully saturated rings. The van der Waals surface area contributed by atoms with Crippen LogP contribution >= 0.6 is 23.4 Å². The quantitative estimate of drug-likeness (QED) is 0.459. The molecular formula is C14H23ClN2O3S. The number of allylic oxidation sites excluding steroid dienone is 1. The molecule has 120 valence electrons. The van der Waals surface area contributed by atoms with Gasteiger partial charge in [0.25, 0.3) is 0 Å². The van der Waals surface area contributed by atoms with E-state index in [4.69, 9.17) is 31.5 Å². The Kier molecular flexibility index (Phi) is 8.84. The van der Waals surface area contributed by atoms with Crippen molar-refractivity contribution in [1.29, 1.82) is 0 Å². The summed E-state index contributed by atoms with van der Waals surface area (Å²) in [6.07, 6.45) is 3.61. The fraction of sp³-hybridized carbons (Fsp3) is 0.643. The highest BCUT2D eigenvalue weighted by Gasteiger charge is 2.15. The van der Waals surface area contributed by atoms with Crippen LogP contribution in [0, 0.1) is 0 Å². The monoisotopic (exact) mass is 334 g/mol. The number of thioether (sulfide) groups is 1. The Hall–Kier alpha value is -0.690. The van der Waals surface area contributed by atoms with E-state index in [1.54, 1.807) is 20.2 Å². The zero-order chi connectivity index (χ0) is 15.7. The van der Waals surface area contributed by atoms with Crippen molar-refractivity contribution in [3.05, 3.63) is 22.0 Å². The van der Waals surface area contributed by atoms with Gasteiger partial charge in [0.15, 0.2) is 5.09 Å². The van der Waals surface area contributed by atoms with Crippen LogP contribution < -0.4 is 5.73 Å². The summed E-state index contributed by atoms with van der Waals surface area (Å²) in [6, 6.07) is 0. The molecule has 0 bridgehead atoms. The molecule has 0 aromatic rings. The molecule has 1 aliphatic rings. The Labute approximate surface area is 135 Å². The second-order valence-electron chi connectivity index (χ2n) is 4.61. The van der Waals surface area contributed by atoms with Gasteiger partial charge in [-0.25, -0.2) is 0 Å². The summed E-state index contributed by atoms with van der Waals surface area (Å²) in [4.78, 5) is 4.20. The molecular weight excluding hydrogens is 312 g/mol. The van der Waals surface area contributed by atoms with E-state index in [1.165, 1.54) is 11.8 Å².